The maximum Gasteiger partial charge on any atom is 0.270 e. The zero-order valence-corrected chi connectivity index (χ0v) is 11.8. The molecule has 0 aliphatic carbocycles. The average molecular weight is 273 g/mol. The van der Waals surface area contributed by atoms with Crippen molar-refractivity contribution in [2.75, 3.05) is 13.2 Å². The van der Waals surface area contributed by atoms with Crippen molar-refractivity contribution in [3.8, 4) is 5.75 Å². The van der Waals surface area contributed by atoms with Gasteiger partial charge in [-0.2, -0.15) is 5.10 Å². The van der Waals surface area contributed by atoms with Crippen LogP contribution in [-0.4, -0.2) is 22.9 Å². The Morgan fingerprint density at radius 3 is 2.70 bits per heavy atom. The summed E-state index contributed by atoms with van der Waals surface area (Å²) < 4.78 is 6.69. The topological polar surface area (TPSA) is 70.1 Å². The standard InChI is InChI=1S/C15H19N3O2/c1-11-3-4-13(7-12(11)2)10-18-15(19)8-14(9-17-18)20-6-5-16/h3-4,7-9H,5-6,10,16H2,1-2H3. The molecule has 0 aliphatic heterocycles. The number of benzene rings is 1. The third kappa shape index (κ3) is 3.45. The van der Waals surface area contributed by atoms with E-state index in [0.717, 1.165) is 5.56 Å². The molecule has 0 amide bonds. The molecule has 5 heteroatoms. The molecule has 0 fully saturated rings. The van der Waals surface area contributed by atoms with Gasteiger partial charge in [-0.05, 0) is 30.5 Å². The summed E-state index contributed by atoms with van der Waals surface area (Å²) in [5.41, 5.74) is 8.66. The molecule has 1 aromatic carbocycles. The van der Waals surface area contributed by atoms with Gasteiger partial charge in [-0.1, -0.05) is 18.2 Å². The van der Waals surface area contributed by atoms with Gasteiger partial charge in [-0.25, -0.2) is 4.68 Å². The number of aryl methyl sites for hydroxylation is 2. The quantitative estimate of drug-likeness (QED) is 0.890. The summed E-state index contributed by atoms with van der Waals surface area (Å²) in [6.07, 6.45) is 1.54. The smallest absolute Gasteiger partial charge is 0.270 e. The van der Waals surface area contributed by atoms with Crippen LogP contribution >= 0.6 is 0 Å². The number of hydrogen-bond acceptors (Lipinski definition) is 4. The van der Waals surface area contributed by atoms with Gasteiger partial charge in [0.1, 0.15) is 12.4 Å². The summed E-state index contributed by atoms with van der Waals surface area (Å²) in [5.74, 6) is 0.455. The number of aromatic nitrogens is 2. The van der Waals surface area contributed by atoms with E-state index < -0.39 is 0 Å². The normalized spacial score (nSPS) is 10.6. The molecule has 2 rings (SSSR count). The molecule has 2 aromatic rings. The van der Waals surface area contributed by atoms with Gasteiger partial charge in [0.05, 0.1) is 12.7 Å². The number of nitrogens with zero attached hydrogens (tertiary/aromatic N) is 2. The molecule has 0 saturated heterocycles. The molecular weight excluding hydrogens is 254 g/mol. The lowest BCUT2D eigenvalue weighted by Crippen LogP contribution is -2.23. The third-order valence-corrected chi connectivity index (χ3v) is 3.13. The molecule has 0 bridgehead atoms. The van der Waals surface area contributed by atoms with Gasteiger partial charge in [0.2, 0.25) is 0 Å². The first-order valence-corrected chi connectivity index (χ1v) is 6.56. The first-order chi connectivity index (χ1) is 9.60. The average Bonchev–Trinajstić information content (AvgIpc) is 2.43. The molecule has 0 radical (unpaired) electrons. The Balaban J connectivity index is 2.17. The van der Waals surface area contributed by atoms with Crippen LogP contribution in [0.5, 0.6) is 5.75 Å². The Morgan fingerprint density at radius 2 is 2.05 bits per heavy atom. The molecule has 1 heterocycles. The summed E-state index contributed by atoms with van der Waals surface area (Å²) in [5, 5.41) is 4.12. The monoisotopic (exact) mass is 273 g/mol. The Labute approximate surface area is 118 Å². The molecule has 0 aliphatic rings. The van der Waals surface area contributed by atoms with Crippen molar-refractivity contribution in [3.05, 3.63) is 57.5 Å². The molecule has 0 atom stereocenters. The molecule has 20 heavy (non-hydrogen) atoms. The number of hydrogen-bond donors (Lipinski definition) is 1. The molecule has 0 saturated carbocycles. The van der Waals surface area contributed by atoms with Gasteiger partial charge in [0, 0.05) is 12.6 Å². The second kappa shape index (κ2) is 6.34. The summed E-state index contributed by atoms with van der Waals surface area (Å²) in [4.78, 5) is 11.9. The van der Waals surface area contributed by atoms with Crippen LogP contribution in [0.2, 0.25) is 0 Å². The van der Waals surface area contributed by atoms with Gasteiger partial charge in [-0.15, -0.1) is 0 Å². The minimum Gasteiger partial charge on any atom is -0.490 e. The molecular formula is C15H19N3O2. The van der Waals surface area contributed by atoms with E-state index in [1.165, 1.54) is 28.1 Å². The van der Waals surface area contributed by atoms with Crippen LogP contribution in [0.3, 0.4) is 0 Å². The van der Waals surface area contributed by atoms with Gasteiger partial charge in [0.25, 0.3) is 5.56 Å². The Morgan fingerprint density at radius 1 is 1.25 bits per heavy atom. The highest BCUT2D eigenvalue weighted by molar-refractivity contribution is 5.30. The summed E-state index contributed by atoms with van der Waals surface area (Å²) in [6, 6.07) is 7.57. The second-order valence-corrected chi connectivity index (χ2v) is 4.74. The van der Waals surface area contributed by atoms with Crippen LogP contribution in [0.1, 0.15) is 16.7 Å². The minimum absolute atomic E-state index is 0.183. The van der Waals surface area contributed by atoms with E-state index in [2.05, 4.69) is 31.1 Å². The van der Waals surface area contributed by atoms with Crippen molar-refractivity contribution in [1.29, 1.82) is 0 Å². The van der Waals surface area contributed by atoms with Crippen LogP contribution in [0.25, 0.3) is 0 Å². The zero-order chi connectivity index (χ0) is 14.5. The number of nitrogens with two attached hydrogens (primary N) is 1. The highest BCUT2D eigenvalue weighted by Gasteiger charge is 2.03. The SMILES string of the molecule is Cc1ccc(Cn2ncc(OCCN)cc2=O)cc1C. The van der Waals surface area contributed by atoms with E-state index in [9.17, 15) is 4.79 Å². The van der Waals surface area contributed by atoms with Gasteiger partial charge < -0.3 is 10.5 Å². The van der Waals surface area contributed by atoms with Crippen molar-refractivity contribution in [2.24, 2.45) is 5.73 Å². The highest BCUT2D eigenvalue weighted by atomic mass is 16.5. The lowest BCUT2D eigenvalue weighted by Gasteiger charge is -2.08. The van der Waals surface area contributed by atoms with Crippen molar-refractivity contribution < 1.29 is 4.74 Å². The van der Waals surface area contributed by atoms with Gasteiger partial charge in [-0.3, -0.25) is 4.79 Å². The van der Waals surface area contributed by atoms with Gasteiger partial charge >= 0.3 is 0 Å². The molecule has 0 spiro atoms. The first-order valence-electron chi connectivity index (χ1n) is 6.56. The van der Waals surface area contributed by atoms with Crippen molar-refractivity contribution in [3.63, 3.8) is 0 Å². The lowest BCUT2D eigenvalue weighted by molar-refractivity contribution is 0.324. The van der Waals surface area contributed by atoms with Crippen LogP contribution < -0.4 is 16.0 Å². The molecule has 2 N–H and O–H groups in total. The predicted octanol–water partition coefficient (Wildman–Crippen LogP) is 1.25. The Kier molecular flexibility index (Phi) is 4.53. The Bertz CT molecular complexity index is 650. The molecule has 1 aromatic heterocycles. The predicted molar refractivity (Wildman–Crippen MR) is 78.1 cm³/mol. The van der Waals surface area contributed by atoms with E-state index in [-0.39, 0.29) is 5.56 Å². The van der Waals surface area contributed by atoms with Crippen LogP contribution in [0, 0.1) is 13.8 Å². The van der Waals surface area contributed by atoms with Gasteiger partial charge in [0.15, 0.2) is 0 Å². The molecule has 5 nitrogen and oxygen atoms in total. The van der Waals surface area contributed by atoms with Crippen molar-refractivity contribution >= 4 is 0 Å². The van der Waals surface area contributed by atoms with E-state index in [0.29, 0.717) is 25.4 Å². The molecule has 106 valence electrons. The van der Waals surface area contributed by atoms with Crippen LogP contribution in [-0.2, 0) is 6.54 Å². The zero-order valence-electron chi connectivity index (χ0n) is 11.8. The minimum atomic E-state index is -0.183. The second-order valence-electron chi connectivity index (χ2n) is 4.74. The van der Waals surface area contributed by atoms with E-state index in [1.54, 1.807) is 0 Å². The largest absolute Gasteiger partial charge is 0.490 e. The summed E-state index contributed by atoms with van der Waals surface area (Å²) >= 11 is 0. The van der Waals surface area contributed by atoms with Crippen LogP contribution in [0.15, 0.2) is 35.3 Å². The summed E-state index contributed by atoms with van der Waals surface area (Å²) in [6.45, 7) is 5.36. The Hall–Kier alpha value is -2.14. The summed E-state index contributed by atoms with van der Waals surface area (Å²) in [7, 11) is 0. The van der Waals surface area contributed by atoms with Crippen molar-refractivity contribution in [1.82, 2.24) is 9.78 Å². The van der Waals surface area contributed by atoms with E-state index in [4.69, 9.17) is 10.5 Å². The molecule has 0 unspecified atom stereocenters. The van der Waals surface area contributed by atoms with Crippen molar-refractivity contribution in [2.45, 2.75) is 20.4 Å². The fourth-order valence-electron chi connectivity index (χ4n) is 1.87. The number of ether oxygens (including phenoxy) is 1. The van der Waals surface area contributed by atoms with E-state index in [1.807, 2.05) is 6.07 Å². The van der Waals surface area contributed by atoms with Crippen LogP contribution in [0.4, 0.5) is 0 Å². The highest BCUT2D eigenvalue weighted by Crippen LogP contribution is 2.10. The lowest BCUT2D eigenvalue weighted by atomic mass is 10.1. The number of rotatable bonds is 5. The maximum absolute atomic E-state index is 11.9. The maximum atomic E-state index is 11.9. The first kappa shape index (κ1) is 14.3. The van der Waals surface area contributed by atoms with E-state index >= 15 is 0 Å². The fraction of sp³-hybridized carbons (Fsp3) is 0.333. The fourth-order valence-corrected chi connectivity index (χ4v) is 1.87. The third-order valence-electron chi connectivity index (χ3n) is 3.13.